The fourth-order valence-corrected chi connectivity index (χ4v) is 3.01. The Morgan fingerprint density at radius 2 is 2.28 bits per heavy atom. The second-order valence-corrected chi connectivity index (χ2v) is 5.70. The molecule has 1 aromatic rings. The van der Waals surface area contributed by atoms with Gasteiger partial charge in [-0.05, 0) is 39.2 Å². The average Bonchev–Trinajstić information content (AvgIpc) is 2.92. The van der Waals surface area contributed by atoms with E-state index in [1.165, 1.54) is 25.0 Å². The van der Waals surface area contributed by atoms with E-state index in [2.05, 4.69) is 14.5 Å². The predicted octanol–water partition coefficient (Wildman–Crippen LogP) is 2.16. The molecule has 1 atom stereocenters. The van der Waals surface area contributed by atoms with Crippen molar-refractivity contribution in [2.45, 2.75) is 57.7 Å². The first kappa shape index (κ1) is 11.9. The van der Waals surface area contributed by atoms with Crippen LogP contribution in [-0.4, -0.2) is 32.8 Å². The third kappa shape index (κ3) is 2.48. The van der Waals surface area contributed by atoms with Crippen molar-refractivity contribution in [2.75, 3.05) is 6.54 Å². The van der Waals surface area contributed by atoms with Gasteiger partial charge >= 0.3 is 0 Å². The van der Waals surface area contributed by atoms with E-state index in [1.54, 1.807) is 6.92 Å². The summed E-state index contributed by atoms with van der Waals surface area (Å²) in [5.41, 5.74) is 1.31. The van der Waals surface area contributed by atoms with Gasteiger partial charge in [-0.2, -0.15) is 0 Å². The van der Waals surface area contributed by atoms with Crippen molar-refractivity contribution < 1.29 is 4.79 Å². The lowest BCUT2D eigenvalue weighted by molar-refractivity contribution is -0.118. The van der Waals surface area contributed by atoms with Gasteiger partial charge < -0.3 is 4.57 Å². The second kappa shape index (κ2) is 4.84. The Morgan fingerprint density at radius 1 is 1.44 bits per heavy atom. The van der Waals surface area contributed by atoms with Gasteiger partial charge in [0.15, 0.2) is 0 Å². The number of hydrogen-bond acceptors (Lipinski definition) is 3. The van der Waals surface area contributed by atoms with Crippen molar-refractivity contribution in [3.63, 3.8) is 0 Å². The Hall–Kier alpha value is -1.16. The zero-order valence-corrected chi connectivity index (χ0v) is 11.0. The van der Waals surface area contributed by atoms with Gasteiger partial charge in [0.1, 0.15) is 5.78 Å². The Balaban J connectivity index is 1.67. The first-order valence-electron chi connectivity index (χ1n) is 6.98. The number of carbonyl (C=O) groups excluding carboxylic acids is 1. The molecule has 2 heterocycles. The van der Waals surface area contributed by atoms with Crippen LogP contribution in [0, 0.1) is 0 Å². The molecule has 2 fully saturated rings. The molecule has 0 radical (unpaired) electrons. The van der Waals surface area contributed by atoms with Gasteiger partial charge in [-0.25, -0.2) is 4.98 Å². The number of aromatic nitrogens is 2. The summed E-state index contributed by atoms with van der Waals surface area (Å²) in [7, 11) is 0. The highest BCUT2D eigenvalue weighted by molar-refractivity contribution is 5.76. The van der Waals surface area contributed by atoms with Gasteiger partial charge in [0, 0.05) is 31.2 Å². The number of carbonyl (C=O) groups is 1. The molecule has 0 N–H and O–H groups in total. The molecule has 3 rings (SSSR count). The van der Waals surface area contributed by atoms with Gasteiger partial charge in [-0.1, -0.05) is 0 Å². The minimum absolute atomic E-state index is 0.308. The Bertz CT molecular complexity index is 436. The van der Waals surface area contributed by atoms with E-state index >= 15 is 0 Å². The lowest BCUT2D eigenvalue weighted by Crippen LogP contribution is -2.31. The van der Waals surface area contributed by atoms with Crippen LogP contribution >= 0.6 is 0 Å². The summed E-state index contributed by atoms with van der Waals surface area (Å²) in [6.45, 7) is 3.77. The first-order chi connectivity index (χ1) is 8.74. The van der Waals surface area contributed by atoms with E-state index in [4.69, 9.17) is 0 Å². The van der Waals surface area contributed by atoms with E-state index in [9.17, 15) is 4.79 Å². The number of ketones is 1. The van der Waals surface area contributed by atoms with Crippen LogP contribution in [0.25, 0.3) is 0 Å². The topological polar surface area (TPSA) is 38.1 Å². The van der Waals surface area contributed by atoms with Gasteiger partial charge in [0.2, 0.25) is 0 Å². The number of Topliss-reactive ketones (excluding diaryl/α,β-unsaturated/α-hetero) is 1. The van der Waals surface area contributed by atoms with Crippen LogP contribution < -0.4 is 0 Å². The van der Waals surface area contributed by atoms with E-state index in [0.717, 1.165) is 19.5 Å². The van der Waals surface area contributed by atoms with Crippen molar-refractivity contribution in [2.24, 2.45) is 0 Å². The molecule has 1 unspecified atom stereocenters. The molecule has 0 spiro atoms. The van der Waals surface area contributed by atoms with Crippen molar-refractivity contribution >= 4 is 5.78 Å². The van der Waals surface area contributed by atoms with Gasteiger partial charge in [-0.15, -0.1) is 0 Å². The Morgan fingerprint density at radius 3 is 3.00 bits per heavy atom. The van der Waals surface area contributed by atoms with E-state index in [-0.39, 0.29) is 0 Å². The van der Waals surface area contributed by atoms with Crippen LogP contribution in [0.2, 0.25) is 0 Å². The van der Waals surface area contributed by atoms with Crippen LogP contribution in [0.1, 0.15) is 50.8 Å². The molecule has 1 aliphatic heterocycles. The van der Waals surface area contributed by atoms with Crippen LogP contribution in [0.15, 0.2) is 12.5 Å². The summed E-state index contributed by atoms with van der Waals surface area (Å²) in [5, 5.41) is 0. The highest BCUT2D eigenvalue weighted by Crippen LogP contribution is 2.36. The maximum Gasteiger partial charge on any atom is 0.131 e. The van der Waals surface area contributed by atoms with Crippen LogP contribution in [0.4, 0.5) is 0 Å². The summed E-state index contributed by atoms with van der Waals surface area (Å²) in [4.78, 5) is 18.0. The predicted molar refractivity (Wildman–Crippen MR) is 69.2 cm³/mol. The molecule has 98 valence electrons. The summed E-state index contributed by atoms with van der Waals surface area (Å²) in [6, 6.07) is 1.14. The largest absolute Gasteiger partial charge is 0.330 e. The van der Waals surface area contributed by atoms with Crippen molar-refractivity contribution in [3.05, 3.63) is 18.2 Å². The minimum Gasteiger partial charge on any atom is -0.330 e. The van der Waals surface area contributed by atoms with E-state index < -0.39 is 0 Å². The highest BCUT2D eigenvalue weighted by atomic mass is 16.1. The molecule has 0 aromatic carbocycles. The fraction of sp³-hybridized carbons (Fsp3) is 0.714. The summed E-state index contributed by atoms with van der Waals surface area (Å²) < 4.78 is 2.32. The van der Waals surface area contributed by atoms with E-state index in [0.29, 0.717) is 24.3 Å². The molecule has 1 saturated heterocycles. The zero-order valence-electron chi connectivity index (χ0n) is 11.0. The molecular weight excluding hydrogens is 226 g/mol. The number of rotatable bonds is 5. The molecule has 1 saturated carbocycles. The molecule has 0 amide bonds. The van der Waals surface area contributed by atoms with Crippen LogP contribution in [0.3, 0.4) is 0 Å². The summed E-state index contributed by atoms with van der Waals surface area (Å²) in [5.74, 6) is 0.308. The quantitative estimate of drug-likeness (QED) is 0.800. The van der Waals surface area contributed by atoms with E-state index in [1.807, 2.05) is 12.5 Å². The third-order valence-corrected chi connectivity index (χ3v) is 4.07. The van der Waals surface area contributed by atoms with Crippen LogP contribution in [-0.2, 0) is 11.3 Å². The highest BCUT2D eigenvalue weighted by Gasteiger charge is 2.29. The molecule has 1 aromatic heterocycles. The van der Waals surface area contributed by atoms with Gasteiger partial charge in [0.25, 0.3) is 0 Å². The smallest absolute Gasteiger partial charge is 0.131 e. The Labute approximate surface area is 108 Å². The van der Waals surface area contributed by atoms with Crippen LogP contribution in [0.5, 0.6) is 0 Å². The average molecular weight is 247 g/mol. The van der Waals surface area contributed by atoms with Crippen molar-refractivity contribution in [1.82, 2.24) is 14.5 Å². The lowest BCUT2D eigenvalue weighted by atomic mass is 10.1. The van der Waals surface area contributed by atoms with Gasteiger partial charge in [0.05, 0.1) is 12.0 Å². The standard InChI is InChI=1S/C14H21N3O/c1-11(18)7-13-3-2-6-16(13)9-14-8-15-10-17(14)12-4-5-12/h8,10,12-13H,2-7,9H2,1H3. The first-order valence-corrected chi connectivity index (χ1v) is 6.98. The fourth-order valence-electron chi connectivity index (χ4n) is 3.01. The molecule has 0 bridgehead atoms. The maximum absolute atomic E-state index is 11.3. The monoisotopic (exact) mass is 247 g/mol. The zero-order chi connectivity index (χ0) is 12.5. The minimum atomic E-state index is 0.308. The molecule has 2 aliphatic rings. The molecule has 1 aliphatic carbocycles. The maximum atomic E-state index is 11.3. The molecule has 18 heavy (non-hydrogen) atoms. The Kier molecular flexibility index (Phi) is 3.20. The van der Waals surface area contributed by atoms with Crippen molar-refractivity contribution in [1.29, 1.82) is 0 Å². The van der Waals surface area contributed by atoms with Crippen molar-refractivity contribution in [3.8, 4) is 0 Å². The molecular formula is C14H21N3O. The van der Waals surface area contributed by atoms with Gasteiger partial charge in [-0.3, -0.25) is 9.69 Å². The third-order valence-electron chi connectivity index (χ3n) is 4.07. The number of hydrogen-bond donors (Lipinski definition) is 0. The number of nitrogens with zero attached hydrogens (tertiary/aromatic N) is 3. The normalized spacial score (nSPS) is 24.6. The summed E-state index contributed by atoms with van der Waals surface area (Å²) >= 11 is 0. The number of likely N-dealkylation sites (tertiary alicyclic amines) is 1. The summed E-state index contributed by atoms with van der Waals surface area (Å²) in [6.07, 6.45) is 9.62. The second-order valence-electron chi connectivity index (χ2n) is 5.70. The molecule has 4 nitrogen and oxygen atoms in total. The molecule has 4 heteroatoms. The number of imidazole rings is 1. The SMILES string of the molecule is CC(=O)CC1CCCN1Cc1cncn1C1CC1. The lowest BCUT2D eigenvalue weighted by Gasteiger charge is -2.24.